The van der Waals surface area contributed by atoms with E-state index in [-0.39, 0.29) is 5.54 Å². The third-order valence-corrected chi connectivity index (χ3v) is 4.39. The van der Waals surface area contributed by atoms with Crippen molar-refractivity contribution in [1.82, 2.24) is 15.5 Å². The minimum Gasteiger partial charge on any atom is -0.349 e. The minimum atomic E-state index is 0.202. The van der Waals surface area contributed by atoms with Gasteiger partial charge in [0.2, 0.25) is 0 Å². The SMILES string of the molecule is Cc1ccc(N(C2CC2)C2CC(C)NC(C)(C)C2)nn1. The summed E-state index contributed by atoms with van der Waals surface area (Å²) in [7, 11) is 0. The smallest absolute Gasteiger partial charge is 0.151 e. The summed E-state index contributed by atoms with van der Waals surface area (Å²) in [6.45, 7) is 8.90. The number of aryl methyl sites for hydroxylation is 1. The van der Waals surface area contributed by atoms with Crippen molar-refractivity contribution in [2.45, 2.75) is 77.0 Å². The Balaban J connectivity index is 1.85. The highest BCUT2D eigenvalue weighted by molar-refractivity contribution is 5.42. The van der Waals surface area contributed by atoms with Crippen LogP contribution in [0.4, 0.5) is 5.82 Å². The average molecular weight is 274 g/mol. The molecule has 0 radical (unpaired) electrons. The maximum absolute atomic E-state index is 4.44. The van der Waals surface area contributed by atoms with Crippen LogP contribution in [0.1, 0.15) is 52.1 Å². The molecule has 3 rings (SSSR count). The van der Waals surface area contributed by atoms with E-state index in [0.29, 0.717) is 18.1 Å². The number of piperidine rings is 1. The van der Waals surface area contributed by atoms with E-state index in [1.54, 1.807) is 0 Å². The molecule has 0 spiro atoms. The second-order valence-electron chi connectivity index (χ2n) is 7.19. The van der Waals surface area contributed by atoms with Gasteiger partial charge in [0.1, 0.15) is 0 Å². The number of hydrogen-bond donors (Lipinski definition) is 1. The maximum Gasteiger partial charge on any atom is 0.151 e. The van der Waals surface area contributed by atoms with Crippen LogP contribution in [-0.4, -0.2) is 33.9 Å². The summed E-state index contributed by atoms with van der Waals surface area (Å²) in [5, 5.41) is 12.4. The zero-order valence-corrected chi connectivity index (χ0v) is 13.1. The van der Waals surface area contributed by atoms with Crippen LogP contribution in [-0.2, 0) is 0 Å². The molecular formula is C16H26N4. The number of aromatic nitrogens is 2. The van der Waals surface area contributed by atoms with Crippen molar-refractivity contribution in [3.63, 3.8) is 0 Å². The summed E-state index contributed by atoms with van der Waals surface area (Å²) in [5.74, 6) is 1.06. The second kappa shape index (κ2) is 4.99. The predicted octanol–water partition coefficient (Wildman–Crippen LogP) is 2.67. The zero-order valence-electron chi connectivity index (χ0n) is 13.1. The molecule has 2 fully saturated rings. The third-order valence-electron chi connectivity index (χ3n) is 4.39. The first-order valence-electron chi connectivity index (χ1n) is 7.81. The Morgan fingerprint density at radius 2 is 1.95 bits per heavy atom. The topological polar surface area (TPSA) is 41.0 Å². The predicted molar refractivity (Wildman–Crippen MR) is 82.0 cm³/mol. The normalized spacial score (nSPS) is 29.2. The summed E-state index contributed by atoms with van der Waals surface area (Å²) >= 11 is 0. The molecule has 1 aliphatic carbocycles. The molecule has 0 bridgehead atoms. The van der Waals surface area contributed by atoms with E-state index in [0.717, 1.165) is 11.5 Å². The summed E-state index contributed by atoms with van der Waals surface area (Å²) in [6.07, 6.45) is 4.96. The number of anilines is 1. The van der Waals surface area contributed by atoms with Crippen molar-refractivity contribution in [3.8, 4) is 0 Å². The van der Waals surface area contributed by atoms with Gasteiger partial charge in [-0.3, -0.25) is 0 Å². The lowest BCUT2D eigenvalue weighted by Gasteiger charge is -2.45. The maximum atomic E-state index is 4.44. The molecule has 20 heavy (non-hydrogen) atoms. The highest BCUT2D eigenvalue weighted by Gasteiger charge is 2.40. The monoisotopic (exact) mass is 274 g/mol. The minimum absolute atomic E-state index is 0.202. The van der Waals surface area contributed by atoms with Crippen LogP contribution in [0.15, 0.2) is 12.1 Å². The molecule has 4 heteroatoms. The molecule has 2 heterocycles. The Kier molecular flexibility index (Phi) is 3.44. The molecule has 1 N–H and O–H groups in total. The fraction of sp³-hybridized carbons (Fsp3) is 0.750. The molecular weight excluding hydrogens is 248 g/mol. The van der Waals surface area contributed by atoms with Gasteiger partial charge in [0.15, 0.2) is 5.82 Å². The molecule has 1 aromatic heterocycles. The van der Waals surface area contributed by atoms with Gasteiger partial charge in [-0.1, -0.05) is 0 Å². The summed E-state index contributed by atoms with van der Waals surface area (Å²) in [4.78, 5) is 2.55. The molecule has 2 unspecified atom stereocenters. The molecule has 2 aliphatic rings. The fourth-order valence-corrected chi connectivity index (χ4v) is 3.63. The lowest BCUT2D eigenvalue weighted by molar-refractivity contribution is 0.221. The molecule has 0 amide bonds. The van der Waals surface area contributed by atoms with Crippen molar-refractivity contribution in [3.05, 3.63) is 17.8 Å². The lowest BCUT2D eigenvalue weighted by atomic mass is 9.85. The first-order valence-corrected chi connectivity index (χ1v) is 7.81. The van der Waals surface area contributed by atoms with Gasteiger partial charge in [0.05, 0.1) is 5.69 Å². The van der Waals surface area contributed by atoms with Crippen LogP contribution in [0.25, 0.3) is 0 Å². The van der Waals surface area contributed by atoms with Crippen LogP contribution >= 0.6 is 0 Å². The van der Waals surface area contributed by atoms with Gasteiger partial charge in [-0.05, 0) is 65.5 Å². The van der Waals surface area contributed by atoms with Crippen LogP contribution in [0, 0.1) is 6.92 Å². The van der Waals surface area contributed by atoms with E-state index in [1.807, 2.05) is 6.92 Å². The Morgan fingerprint density at radius 3 is 2.50 bits per heavy atom. The van der Waals surface area contributed by atoms with E-state index in [9.17, 15) is 0 Å². The molecule has 110 valence electrons. The van der Waals surface area contributed by atoms with Gasteiger partial charge < -0.3 is 10.2 Å². The van der Waals surface area contributed by atoms with E-state index in [1.165, 1.54) is 25.7 Å². The summed E-state index contributed by atoms with van der Waals surface area (Å²) in [5.41, 5.74) is 1.19. The second-order valence-corrected chi connectivity index (χ2v) is 7.19. The van der Waals surface area contributed by atoms with Gasteiger partial charge in [-0.25, -0.2) is 0 Å². The van der Waals surface area contributed by atoms with Gasteiger partial charge in [0.25, 0.3) is 0 Å². The largest absolute Gasteiger partial charge is 0.349 e. The molecule has 1 saturated carbocycles. The number of nitrogens with zero attached hydrogens (tertiary/aromatic N) is 3. The lowest BCUT2D eigenvalue weighted by Crippen LogP contribution is -2.57. The molecule has 2 atom stereocenters. The standard InChI is InChI=1S/C16H26N4/c1-11-5-8-15(19-18-11)20(13-6-7-13)14-9-12(2)17-16(3,4)10-14/h5,8,12-14,17H,6-7,9-10H2,1-4H3. The van der Waals surface area contributed by atoms with E-state index in [2.05, 4.69) is 53.3 Å². The average Bonchev–Trinajstić information content (AvgIpc) is 3.14. The van der Waals surface area contributed by atoms with Crippen molar-refractivity contribution >= 4 is 5.82 Å². The number of hydrogen-bond acceptors (Lipinski definition) is 4. The quantitative estimate of drug-likeness (QED) is 0.920. The van der Waals surface area contributed by atoms with Crippen LogP contribution in [0.3, 0.4) is 0 Å². The Morgan fingerprint density at radius 1 is 1.20 bits per heavy atom. The number of nitrogens with one attached hydrogen (secondary N) is 1. The van der Waals surface area contributed by atoms with Crippen LogP contribution in [0.5, 0.6) is 0 Å². The molecule has 1 aromatic rings. The first kappa shape index (κ1) is 13.8. The van der Waals surface area contributed by atoms with E-state index >= 15 is 0 Å². The molecule has 0 aromatic carbocycles. The summed E-state index contributed by atoms with van der Waals surface area (Å²) < 4.78 is 0. The van der Waals surface area contributed by atoms with Crippen molar-refractivity contribution in [2.75, 3.05) is 4.90 Å². The van der Waals surface area contributed by atoms with Crippen molar-refractivity contribution < 1.29 is 0 Å². The number of rotatable bonds is 3. The Hall–Kier alpha value is -1.16. The zero-order chi connectivity index (χ0) is 14.3. The fourth-order valence-electron chi connectivity index (χ4n) is 3.63. The van der Waals surface area contributed by atoms with E-state index in [4.69, 9.17) is 0 Å². The Bertz CT molecular complexity index is 464. The van der Waals surface area contributed by atoms with Crippen LogP contribution < -0.4 is 10.2 Å². The van der Waals surface area contributed by atoms with Crippen molar-refractivity contribution in [2.24, 2.45) is 0 Å². The highest BCUT2D eigenvalue weighted by Crippen LogP contribution is 2.37. The van der Waals surface area contributed by atoms with E-state index < -0.39 is 0 Å². The molecule has 1 aliphatic heterocycles. The molecule has 4 nitrogen and oxygen atoms in total. The van der Waals surface area contributed by atoms with Gasteiger partial charge in [-0.15, -0.1) is 5.10 Å². The third kappa shape index (κ3) is 2.95. The van der Waals surface area contributed by atoms with Crippen LogP contribution in [0.2, 0.25) is 0 Å². The van der Waals surface area contributed by atoms with Gasteiger partial charge in [0, 0.05) is 23.7 Å². The highest BCUT2D eigenvalue weighted by atomic mass is 15.3. The summed E-state index contributed by atoms with van der Waals surface area (Å²) in [6, 6.07) is 6.03. The molecule has 1 saturated heterocycles. The first-order chi connectivity index (χ1) is 9.44. The Labute approximate surface area is 122 Å². The van der Waals surface area contributed by atoms with Gasteiger partial charge >= 0.3 is 0 Å². The van der Waals surface area contributed by atoms with Gasteiger partial charge in [-0.2, -0.15) is 5.10 Å². The van der Waals surface area contributed by atoms with Crippen molar-refractivity contribution in [1.29, 1.82) is 0 Å².